The van der Waals surface area contributed by atoms with E-state index < -0.39 is 5.82 Å². The topological polar surface area (TPSA) is 44.9 Å². The lowest BCUT2D eigenvalue weighted by Crippen LogP contribution is -2.13. The van der Waals surface area contributed by atoms with E-state index >= 15 is 0 Å². The molecule has 0 spiro atoms. The van der Waals surface area contributed by atoms with Crippen molar-refractivity contribution in [3.63, 3.8) is 0 Å². The minimum atomic E-state index is -0.416. The molecule has 3 nitrogen and oxygen atoms in total. The van der Waals surface area contributed by atoms with Gasteiger partial charge in [0.15, 0.2) is 0 Å². The number of aromatic nitrogens is 1. The number of hydrogen-bond acceptors (Lipinski definition) is 1. The average molecular weight is 232 g/mol. The molecular formula is C13H13FN2O. The second kappa shape index (κ2) is 5.30. The summed E-state index contributed by atoms with van der Waals surface area (Å²) in [7, 11) is 0. The first-order valence-electron chi connectivity index (χ1n) is 5.42. The highest BCUT2D eigenvalue weighted by molar-refractivity contribution is 5.90. The maximum atomic E-state index is 13.2. The molecule has 4 heteroatoms. The van der Waals surface area contributed by atoms with Crippen LogP contribution in [0.5, 0.6) is 0 Å². The fourth-order valence-electron chi connectivity index (χ4n) is 1.55. The standard InChI is InChI=1S/C13H13FN2O/c14-11-5-1-2-6-12(11)16-13(17)8-7-10-4-3-9-15-10/h1-6,9,15H,7-8H2,(H,16,17). The number of benzene rings is 1. The molecule has 0 atom stereocenters. The third-order valence-corrected chi connectivity index (χ3v) is 2.43. The molecule has 0 aliphatic heterocycles. The Hall–Kier alpha value is -2.10. The summed E-state index contributed by atoms with van der Waals surface area (Å²) in [5.74, 6) is -0.606. The predicted octanol–water partition coefficient (Wildman–Crippen LogP) is 2.73. The fraction of sp³-hybridized carbons (Fsp3) is 0.154. The van der Waals surface area contributed by atoms with E-state index in [1.165, 1.54) is 6.07 Å². The van der Waals surface area contributed by atoms with E-state index in [1.807, 2.05) is 18.3 Å². The molecule has 1 amide bonds. The zero-order chi connectivity index (χ0) is 12.1. The number of aromatic amines is 1. The third kappa shape index (κ3) is 3.17. The molecule has 0 radical (unpaired) electrons. The van der Waals surface area contributed by atoms with E-state index in [-0.39, 0.29) is 11.6 Å². The van der Waals surface area contributed by atoms with Crippen molar-refractivity contribution in [1.82, 2.24) is 4.98 Å². The van der Waals surface area contributed by atoms with Gasteiger partial charge in [-0.15, -0.1) is 0 Å². The van der Waals surface area contributed by atoms with Gasteiger partial charge >= 0.3 is 0 Å². The molecule has 2 N–H and O–H groups in total. The highest BCUT2D eigenvalue weighted by atomic mass is 19.1. The number of carbonyl (C=O) groups is 1. The van der Waals surface area contributed by atoms with E-state index in [0.29, 0.717) is 12.8 Å². The largest absolute Gasteiger partial charge is 0.365 e. The number of halogens is 1. The van der Waals surface area contributed by atoms with Crippen LogP contribution >= 0.6 is 0 Å². The van der Waals surface area contributed by atoms with E-state index in [1.54, 1.807) is 18.2 Å². The Kier molecular flexibility index (Phi) is 3.55. The first-order chi connectivity index (χ1) is 8.25. The quantitative estimate of drug-likeness (QED) is 0.836. The number of amides is 1. The van der Waals surface area contributed by atoms with Crippen LogP contribution in [0.2, 0.25) is 0 Å². The van der Waals surface area contributed by atoms with Crippen molar-refractivity contribution in [1.29, 1.82) is 0 Å². The maximum absolute atomic E-state index is 13.2. The maximum Gasteiger partial charge on any atom is 0.224 e. The van der Waals surface area contributed by atoms with Crippen molar-refractivity contribution in [2.24, 2.45) is 0 Å². The van der Waals surface area contributed by atoms with Gasteiger partial charge in [-0.3, -0.25) is 4.79 Å². The minimum Gasteiger partial charge on any atom is -0.365 e. The summed E-state index contributed by atoms with van der Waals surface area (Å²) in [6, 6.07) is 9.93. The van der Waals surface area contributed by atoms with Crippen molar-refractivity contribution >= 4 is 11.6 Å². The number of aryl methyl sites for hydroxylation is 1. The van der Waals surface area contributed by atoms with E-state index in [2.05, 4.69) is 10.3 Å². The summed E-state index contributed by atoms with van der Waals surface area (Å²) in [5, 5.41) is 2.54. The van der Waals surface area contributed by atoms with Gasteiger partial charge in [0, 0.05) is 18.3 Å². The monoisotopic (exact) mass is 232 g/mol. The lowest BCUT2D eigenvalue weighted by Gasteiger charge is -2.05. The second-order valence-electron chi connectivity index (χ2n) is 3.72. The Bertz CT molecular complexity index is 494. The number of carbonyl (C=O) groups excluding carboxylic acids is 1. The molecule has 0 aliphatic rings. The van der Waals surface area contributed by atoms with Gasteiger partial charge in [-0.05, 0) is 30.7 Å². The van der Waals surface area contributed by atoms with Crippen molar-refractivity contribution in [2.45, 2.75) is 12.8 Å². The molecule has 0 aliphatic carbocycles. The summed E-state index contributed by atoms with van der Waals surface area (Å²) in [6.07, 6.45) is 2.76. The zero-order valence-corrected chi connectivity index (χ0v) is 9.24. The molecular weight excluding hydrogens is 219 g/mol. The van der Waals surface area contributed by atoms with Crippen LogP contribution in [-0.4, -0.2) is 10.9 Å². The molecule has 1 heterocycles. The molecule has 0 fully saturated rings. The van der Waals surface area contributed by atoms with Crippen molar-refractivity contribution in [3.8, 4) is 0 Å². The van der Waals surface area contributed by atoms with Crippen LogP contribution in [0.15, 0.2) is 42.6 Å². The summed E-state index contributed by atoms with van der Waals surface area (Å²) >= 11 is 0. The summed E-state index contributed by atoms with van der Waals surface area (Å²) in [6.45, 7) is 0. The number of nitrogens with one attached hydrogen (secondary N) is 2. The van der Waals surface area contributed by atoms with E-state index in [0.717, 1.165) is 5.69 Å². The van der Waals surface area contributed by atoms with Gasteiger partial charge in [-0.25, -0.2) is 4.39 Å². The van der Waals surface area contributed by atoms with Gasteiger partial charge in [-0.1, -0.05) is 12.1 Å². The lowest BCUT2D eigenvalue weighted by atomic mass is 10.2. The van der Waals surface area contributed by atoms with Crippen molar-refractivity contribution in [3.05, 3.63) is 54.1 Å². The minimum absolute atomic E-state index is 0.190. The van der Waals surface area contributed by atoms with Crippen LogP contribution in [0, 0.1) is 5.82 Å². The molecule has 17 heavy (non-hydrogen) atoms. The highest BCUT2D eigenvalue weighted by Gasteiger charge is 2.06. The number of para-hydroxylation sites is 1. The Morgan fingerprint density at radius 1 is 1.24 bits per heavy atom. The molecule has 0 saturated heterocycles. The number of rotatable bonds is 4. The van der Waals surface area contributed by atoms with Crippen molar-refractivity contribution in [2.75, 3.05) is 5.32 Å². The van der Waals surface area contributed by atoms with Gasteiger partial charge in [0.05, 0.1) is 5.69 Å². The van der Waals surface area contributed by atoms with Crippen molar-refractivity contribution < 1.29 is 9.18 Å². The summed E-state index contributed by atoms with van der Waals surface area (Å²) in [5.41, 5.74) is 1.22. The SMILES string of the molecule is O=C(CCc1ccc[nH]1)Nc1ccccc1F. The number of H-pyrrole nitrogens is 1. The van der Waals surface area contributed by atoms with Gasteiger partial charge < -0.3 is 10.3 Å². The molecule has 2 aromatic rings. The van der Waals surface area contributed by atoms with Crippen LogP contribution in [0.25, 0.3) is 0 Å². The fourth-order valence-corrected chi connectivity index (χ4v) is 1.55. The summed E-state index contributed by atoms with van der Waals surface area (Å²) < 4.78 is 13.2. The smallest absolute Gasteiger partial charge is 0.224 e. The molecule has 1 aromatic heterocycles. The Morgan fingerprint density at radius 3 is 2.76 bits per heavy atom. The van der Waals surface area contributed by atoms with E-state index in [4.69, 9.17) is 0 Å². The molecule has 88 valence electrons. The Balaban J connectivity index is 1.87. The second-order valence-corrected chi connectivity index (χ2v) is 3.72. The lowest BCUT2D eigenvalue weighted by molar-refractivity contribution is -0.116. The van der Waals surface area contributed by atoms with Crippen LogP contribution in [-0.2, 0) is 11.2 Å². The van der Waals surface area contributed by atoms with Gasteiger partial charge in [0.2, 0.25) is 5.91 Å². The Morgan fingerprint density at radius 2 is 2.06 bits per heavy atom. The van der Waals surface area contributed by atoms with Gasteiger partial charge in [0.1, 0.15) is 5.82 Å². The average Bonchev–Trinajstić information content (AvgIpc) is 2.82. The van der Waals surface area contributed by atoms with Gasteiger partial charge in [-0.2, -0.15) is 0 Å². The first kappa shape index (κ1) is 11.4. The van der Waals surface area contributed by atoms with E-state index in [9.17, 15) is 9.18 Å². The van der Waals surface area contributed by atoms with Crippen LogP contribution in [0.1, 0.15) is 12.1 Å². The molecule has 1 aromatic carbocycles. The van der Waals surface area contributed by atoms with Crippen LogP contribution < -0.4 is 5.32 Å². The zero-order valence-electron chi connectivity index (χ0n) is 9.24. The molecule has 0 bridgehead atoms. The molecule has 2 rings (SSSR count). The van der Waals surface area contributed by atoms with Crippen LogP contribution in [0.3, 0.4) is 0 Å². The number of anilines is 1. The Labute approximate surface area is 98.7 Å². The number of hydrogen-bond donors (Lipinski definition) is 2. The predicted molar refractivity (Wildman–Crippen MR) is 64.1 cm³/mol. The molecule has 0 saturated carbocycles. The molecule has 0 unspecified atom stereocenters. The first-order valence-corrected chi connectivity index (χ1v) is 5.42. The third-order valence-electron chi connectivity index (χ3n) is 2.43. The highest BCUT2D eigenvalue weighted by Crippen LogP contribution is 2.12. The summed E-state index contributed by atoms with van der Waals surface area (Å²) in [4.78, 5) is 14.6. The van der Waals surface area contributed by atoms with Crippen LogP contribution in [0.4, 0.5) is 10.1 Å². The normalized spacial score (nSPS) is 10.2. The van der Waals surface area contributed by atoms with Gasteiger partial charge in [0.25, 0.3) is 0 Å².